The van der Waals surface area contributed by atoms with Gasteiger partial charge in [-0.15, -0.1) is 0 Å². The highest BCUT2D eigenvalue weighted by molar-refractivity contribution is 6.06. The molecule has 0 saturated carbocycles. The highest BCUT2D eigenvalue weighted by Gasteiger charge is 2.26. The summed E-state index contributed by atoms with van der Waals surface area (Å²) in [5.74, 6) is 0.949. The molecule has 4 rings (SSSR count). The van der Waals surface area contributed by atoms with E-state index in [9.17, 15) is 9.90 Å². The number of carbonyl (C=O) groups is 1. The van der Waals surface area contributed by atoms with E-state index in [0.29, 0.717) is 22.6 Å². The van der Waals surface area contributed by atoms with Gasteiger partial charge in [-0.05, 0) is 24.3 Å². The van der Waals surface area contributed by atoms with E-state index in [1.807, 2.05) is 6.07 Å². The average Bonchev–Trinajstić information content (AvgIpc) is 2.65. The van der Waals surface area contributed by atoms with Gasteiger partial charge in [0.15, 0.2) is 11.9 Å². The number of rotatable bonds is 0. The lowest BCUT2D eigenvalue weighted by Crippen LogP contribution is -2.33. The lowest BCUT2D eigenvalue weighted by molar-refractivity contribution is 0.0558. The van der Waals surface area contributed by atoms with Crippen LogP contribution < -0.4 is 9.47 Å². The highest BCUT2D eigenvalue weighted by atomic mass is 16.5. The molecule has 0 fully saturated rings. The summed E-state index contributed by atoms with van der Waals surface area (Å²) in [5.41, 5.74) is 1.38. The van der Waals surface area contributed by atoms with E-state index >= 15 is 0 Å². The molecule has 0 saturated heterocycles. The van der Waals surface area contributed by atoms with Crippen LogP contribution >= 0.6 is 0 Å². The Balaban J connectivity index is 0.000000146. The molecule has 2 aromatic rings. The highest BCUT2D eigenvalue weighted by Crippen LogP contribution is 2.25. The number of ketones is 1. The van der Waals surface area contributed by atoms with Crippen molar-refractivity contribution in [3.8, 4) is 11.5 Å². The van der Waals surface area contributed by atoms with Crippen LogP contribution in [0.5, 0.6) is 11.5 Å². The standard InChI is InChI=1S/C9H9NO3.C9H8O3/c11-7-5-13-8-4-2-1-3-6(8)9(7)10-12;10-7-5-12-8-4-2-1-3-6(8)9(7)11/h1-4,7,11-12H,5H2;1-4,7,10H,5H2/t2*7-/m11/s1. The molecule has 2 atom stereocenters. The van der Waals surface area contributed by atoms with Gasteiger partial charge < -0.3 is 24.9 Å². The number of aliphatic hydroxyl groups excluding tert-OH is 2. The Labute approximate surface area is 143 Å². The molecule has 7 heteroatoms. The first-order chi connectivity index (χ1) is 12.1. The number of para-hydroxylation sites is 2. The maximum absolute atomic E-state index is 11.3. The van der Waals surface area contributed by atoms with Crippen molar-refractivity contribution in [3.63, 3.8) is 0 Å². The Kier molecular flexibility index (Phi) is 4.97. The number of nitrogens with zero attached hydrogens (tertiary/aromatic N) is 1. The summed E-state index contributed by atoms with van der Waals surface area (Å²) in [4.78, 5) is 11.3. The van der Waals surface area contributed by atoms with Gasteiger partial charge in [-0.1, -0.05) is 29.4 Å². The first-order valence-corrected chi connectivity index (χ1v) is 7.68. The first kappa shape index (κ1) is 16.9. The molecule has 0 unspecified atom stereocenters. The molecule has 0 spiro atoms. The number of hydrogen-bond donors (Lipinski definition) is 3. The summed E-state index contributed by atoms with van der Waals surface area (Å²) < 4.78 is 10.4. The summed E-state index contributed by atoms with van der Waals surface area (Å²) in [5, 5.41) is 30.3. The number of benzene rings is 2. The number of ether oxygens (including phenoxy) is 2. The molecule has 0 amide bonds. The van der Waals surface area contributed by atoms with Crippen LogP contribution in [0.2, 0.25) is 0 Å². The molecular formula is C18H17NO6. The third kappa shape index (κ3) is 3.47. The van der Waals surface area contributed by atoms with Crippen molar-refractivity contribution >= 4 is 11.5 Å². The largest absolute Gasteiger partial charge is 0.490 e. The minimum atomic E-state index is -1.00. The van der Waals surface area contributed by atoms with Crippen LogP contribution in [0.15, 0.2) is 53.7 Å². The van der Waals surface area contributed by atoms with E-state index in [1.54, 1.807) is 42.5 Å². The second-order valence-electron chi connectivity index (χ2n) is 5.50. The molecule has 2 aromatic carbocycles. The Morgan fingerprint density at radius 1 is 0.840 bits per heavy atom. The zero-order valence-corrected chi connectivity index (χ0v) is 13.2. The van der Waals surface area contributed by atoms with Crippen molar-refractivity contribution in [1.29, 1.82) is 0 Å². The summed E-state index contributed by atoms with van der Waals surface area (Å²) in [7, 11) is 0. The Hall–Kier alpha value is -2.90. The third-order valence-electron chi connectivity index (χ3n) is 3.83. The molecule has 2 aliphatic rings. The van der Waals surface area contributed by atoms with Gasteiger partial charge >= 0.3 is 0 Å². The van der Waals surface area contributed by atoms with Crippen LogP contribution in [0.25, 0.3) is 0 Å². The lowest BCUT2D eigenvalue weighted by atomic mass is 10.0. The second kappa shape index (κ2) is 7.33. The van der Waals surface area contributed by atoms with Crippen molar-refractivity contribution in [2.24, 2.45) is 5.16 Å². The normalized spacial score (nSPS) is 22.6. The zero-order chi connectivity index (χ0) is 17.8. The van der Waals surface area contributed by atoms with Gasteiger partial charge in [0.25, 0.3) is 0 Å². The van der Waals surface area contributed by atoms with Gasteiger partial charge in [-0.3, -0.25) is 4.79 Å². The van der Waals surface area contributed by atoms with Gasteiger partial charge in [0.2, 0.25) is 0 Å². The van der Waals surface area contributed by atoms with Crippen LogP contribution in [-0.2, 0) is 0 Å². The van der Waals surface area contributed by atoms with Gasteiger partial charge in [-0.25, -0.2) is 0 Å². The molecule has 25 heavy (non-hydrogen) atoms. The van der Waals surface area contributed by atoms with E-state index in [1.165, 1.54) is 0 Å². The van der Waals surface area contributed by atoms with Crippen molar-refractivity contribution in [2.75, 3.05) is 13.2 Å². The predicted molar refractivity (Wildman–Crippen MR) is 88.5 cm³/mol. The van der Waals surface area contributed by atoms with Crippen LogP contribution in [0.4, 0.5) is 0 Å². The first-order valence-electron chi connectivity index (χ1n) is 7.68. The molecule has 130 valence electrons. The molecule has 2 heterocycles. The van der Waals surface area contributed by atoms with Crippen LogP contribution in [-0.4, -0.2) is 52.3 Å². The molecule has 0 aromatic heterocycles. The van der Waals surface area contributed by atoms with Crippen LogP contribution in [0, 0.1) is 0 Å². The van der Waals surface area contributed by atoms with Crippen molar-refractivity contribution in [3.05, 3.63) is 59.7 Å². The van der Waals surface area contributed by atoms with Crippen molar-refractivity contribution in [2.45, 2.75) is 12.2 Å². The van der Waals surface area contributed by atoms with Crippen molar-refractivity contribution < 1.29 is 29.7 Å². The maximum atomic E-state index is 11.3. The number of Topliss-reactive ketones (excluding diaryl/α,β-unsaturated/α-hetero) is 1. The fourth-order valence-electron chi connectivity index (χ4n) is 2.57. The van der Waals surface area contributed by atoms with Gasteiger partial charge in [0.05, 0.1) is 5.56 Å². The average molecular weight is 343 g/mol. The Bertz CT molecular complexity index is 804. The van der Waals surface area contributed by atoms with E-state index < -0.39 is 12.2 Å². The van der Waals surface area contributed by atoms with E-state index in [4.69, 9.17) is 19.8 Å². The smallest absolute Gasteiger partial charge is 0.198 e. The number of hydrogen-bond acceptors (Lipinski definition) is 7. The van der Waals surface area contributed by atoms with E-state index in [-0.39, 0.29) is 24.7 Å². The van der Waals surface area contributed by atoms with Gasteiger partial charge in [0, 0.05) is 5.56 Å². The molecule has 0 radical (unpaired) electrons. The molecule has 2 aliphatic heterocycles. The topological polar surface area (TPSA) is 109 Å². The summed E-state index contributed by atoms with van der Waals surface area (Å²) >= 11 is 0. The quantitative estimate of drug-likeness (QED) is 0.491. The molecule has 7 nitrogen and oxygen atoms in total. The van der Waals surface area contributed by atoms with Crippen molar-refractivity contribution in [1.82, 2.24) is 0 Å². The Morgan fingerprint density at radius 3 is 2.00 bits per heavy atom. The van der Waals surface area contributed by atoms with Gasteiger partial charge in [-0.2, -0.15) is 0 Å². The second-order valence-corrected chi connectivity index (χ2v) is 5.50. The van der Waals surface area contributed by atoms with E-state index in [0.717, 1.165) is 0 Å². The minimum Gasteiger partial charge on any atom is -0.490 e. The number of fused-ring (bicyclic) bond motifs is 2. The number of carbonyl (C=O) groups excluding carboxylic acids is 1. The summed E-state index contributed by atoms with van der Waals surface area (Å²) in [6.45, 7) is 0.201. The fraction of sp³-hybridized carbons (Fsp3) is 0.222. The monoisotopic (exact) mass is 343 g/mol. The third-order valence-corrected chi connectivity index (χ3v) is 3.83. The van der Waals surface area contributed by atoms with Crippen LogP contribution in [0.3, 0.4) is 0 Å². The Morgan fingerprint density at radius 2 is 1.36 bits per heavy atom. The van der Waals surface area contributed by atoms with Gasteiger partial charge in [0.1, 0.15) is 36.5 Å². The maximum Gasteiger partial charge on any atom is 0.198 e. The fourth-order valence-corrected chi connectivity index (χ4v) is 2.57. The molecule has 0 bridgehead atoms. The number of aliphatic hydroxyl groups is 2. The SMILES string of the molecule is O=C1c2ccccc2OC[C@H]1O.ON=C1c2ccccc2OC[C@H]1O. The number of oxime groups is 1. The zero-order valence-electron chi connectivity index (χ0n) is 13.2. The molecular weight excluding hydrogens is 326 g/mol. The predicted octanol–water partition coefficient (Wildman–Crippen LogP) is 1.24. The summed E-state index contributed by atoms with van der Waals surface area (Å²) in [6, 6.07) is 14.1. The minimum absolute atomic E-state index is 0.0653. The van der Waals surface area contributed by atoms with Crippen LogP contribution in [0.1, 0.15) is 15.9 Å². The molecule has 3 N–H and O–H groups in total. The van der Waals surface area contributed by atoms with E-state index in [2.05, 4.69) is 5.16 Å². The summed E-state index contributed by atoms with van der Waals surface area (Å²) in [6.07, 6.45) is -1.85. The molecule has 0 aliphatic carbocycles. The lowest BCUT2D eigenvalue weighted by Gasteiger charge is -2.22.